The number of carbonyl (C=O) groups is 1. The Hall–Kier alpha value is -1.93. The van der Waals surface area contributed by atoms with E-state index in [-0.39, 0.29) is 10.7 Å². The summed E-state index contributed by atoms with van der Waals surface area (Å²) < 4.78 is 0. The number of benzene rings is 1. The van der Waals surface area contributed by atoms with Crippen molar-refractivity contribution in [1.82, 2.24) is 4.98 Å². The fourth-order valence-corrected chi connectivity index (χ4v) is 3.03. The van der Waals surface area contributed by atoms with E-state index in [4.69, 9.17) is 5.11 Å². The number of aromatic carboxylic acids is 1. The Balaban J connectivity index is 2.10. The summed E-state index contributed by atoms with van der Waals surface area (Å²) in [6.45, 7) is 0. The highest BCUT2D eigenvalue weighted by Gasteiger charge is 2.14. The van der Waals surface area contributed by atoms with Gasteiger partial charge in [0.05, 0.1) is 15.5 Å². The molecule has 0 atom stereocenters. The van der Waals surface area contributed by atoms with Crippen LogP contribution in [0.15, 0.2) is 34.5 Å². The molecule has 1 aromatic carbocycles. The van der Waals surface area contributed by atoms with Crippen molar-refractivity contribution in [1.29, 1.82) is 0 Å². The molecule has 2 rings (SSSR count). The third-order valence-corrected chi connectivity index (χ3v) is 4.15. The lowest BCUT2D eigenvalue weighted by Gasteiger charge is -2.00. The lowest BCUT2D eigenvalue weighted by atomic mass is 10.3. The Kier molecular flexibility index (Phi) is 4.13. The molecule has 19 heavy (non-hydrogen) atoms. The summed E-state index contributed by atoms with van der Waals surface area (Å²) in [5, 5.41) is 21.2. The monoisotopic (exact) mass is 296 g/mol. The zero-order valence-electron chi connectivity index (χ0n) is 9.48. The van der Waals surface area contributed by atoms with Gasteiger partial charge in [-0.05, 0) is 6.07 Å². The van der Waals surface area contributed by atoms with Gasteiger partial charge in [-0.25, -0.2) is 9.78 Å². The van der Waals surface area contributed by atoms with Crippen LogP contribution >= 0.6 is 23.1 Å². The number of aromatic nitrogens is 1. The van der Waals surface area contributed by atoms with Gasteiger partial charge in [0.15, 0.2) is 0 Å². The number of carboxylic acids is 1. The van der Waals surface area contributed by atoms with E-state index in [1.54, 1.807) is 23.6 Å². The average molecular weight is 296 g/mol. The molecule has 0 unspecified atom stereocenters. The van der Waals surface area contributed by atoms with E-state index >= 15 is 0 Å². The van der Waals surface area contributed by atoms with Crippen LogP contribution in [-0.2, 0) is 5.75 Å². The van der Waals surface area contributed by atoms with Gasteiger partial charge in [-0.1, -0.05) is 12.1 Å². The zero-order chi connectivity index (χ0) is 13.8. The maximum absolute atomic E-state index is 10.8. The second kappa shape index (κ2) is 5.81. The molecule has 0 fully saturated rings. The van der Waals surface area contributed by atoms with Gasteiger partial charge in [0, 0.05) is 17.2 Å². The molecule has 0 radical (unpaired) electrons. The molecule has 1 N–H and O–H groups in total. The molecule has 98 valence electrons. The molecular weight excluding hydrogens is 288 g/mol. The van der Waals surface area contributed by atoms with Crippen molar-refractivity contribution in [2.75, 3.05) is 0 Å². The third kappa shape index (κ3) is 3.30. The summed E-state index contributed by atoms with van der Waals surface area (Å²) in [5.41, 5.74) is 0.645. The average Bonchev–Trinajstić information content (AvgIpc) is 2.85. The maximum atomic E-state index is 10.8. The third-order valence-electron chi connectivity index (χ3n) is 2.17. The first-order valence-corrected chi connectivity index (χ1v) is 6.98. The number of thioether (sulfide) groups is 1. The molecule has 0 aliphatic heterocycles. The highest BCUT2D eigenvalue weighted by molar-refractivity contribution is 7.98. The highest BCUT2D eigenvalue weighted by atomic mass is 32.2. The molecule has 1 heterocycles. The van der Waals surface area contributed by atoms with Gasteiger partial charge in [0.25, 0.3) is 5.69 Å². The van der Waals surface area contributed by atoms with Crippen molar-refractivity contribution in [2.45, 2.75) is 10.6 Å². The number of rotatable bonds is 5. The molecule has 6 nitrogen and oxygen atoms in total. The second-order valence-electron chi connectivity index (χ2n) is 3.46. The maximum Gasteiger partial charge on any atom is 0.365 e. The summed E-state index contributed by atoms with van der Waals surface area (Å²) in [7, 11) is 0. The van der Waals surface area contributed by atoms with Gasteiger partial charge in [-0.3, -0.25) is 10.1 Å². The molecule has 0 spiro atoms. The van der Waals surface area contributed by atoms with Gasteiger partial charge >= 0.3 is 5.97 Å². The van der Waals surface area contributed by atoms with Crippen LogP contribution in [-0.4, -0.2) is 21.0 Å². The first-order chi connectivity index (χ1) is 9.08. The number of carboxylic acid groups (broad SMARTS) is 1. The molecule has 0 amide bonds. The van der Waals surface area contributed by atoms with E-state index < -0.39 is 10.9 Å². The minimum atomic E-state index is -1.06. The number of nitro benzene ring substituents is 1. The van der Waals surface area contributed by atoms with Gasteiger partial charge in [-0.2, -0.15) is 0 Å². The first-order valence-electron chi connectivity index (χ1n) is 5.12. The van der Waals surface area contributed by atoms with Gasteiger partial charge in [-0.15, -0.1) is 23.1 Å². The molecular formula is C11H8N2O4S2. The van der Waals surface area contributed by atoms with E-state index in [0.717, 1.165) is 11.3 Å². The molecule has 0 bridgehead atoms. The Labute approximate surface area is 116 Å². The number of nitro groups is 1. The number of nitrogens with zero attached hydrogens (tertiary/aromatic N) is 2. The van der Waals surface area contributed by atoms with Crippen molar-refractivity contribution in [3.8, 4) is 0 Å². The number of hydrogen-bond donors (Lipinski definition) is 1. The second-order valence-corrected chi connectivity index (χ2v) is 5.34. The molecule has 2 aromatic rings. The Morgan fingerprint density at radius 2 is 2.21 bits per heavy atom. The summed E-state index contributed by atoms with van der Waals surface area (Å²) >= 11 is 2.31. The Bertz CT molecular complexity index is 627. The van der Waals surface area contributed by atoms with Crippen molar-refractivity contribution in [2.24, 2.45) is 0 Å². The molecule has 8 heteroatoms. The van der Waals surface area contributed by atoms with Crippen LogP contribution in [0.5, 0.6) is 0 Å². The van der Waals surface area contributed by atoms with E-state index in [1.807, 2.05) is 0 Å². The van der Waals surface area contributed by atoms with Crippen molar-refractivity contribution in [3.63, 3.8) is 0 Å². The minimum Gasteiger partial charge on any atom is -0.476 e. The largest absolute Gasteiger partial charge is 0.476 e. The topological polar surface area (TPSA) is 93.3 Å². The smallest absolute Gasteiger partial charge is 0.365 e. The molecule has 0 aliphatic rings. The number of hydrogen-bond acceptors (Lipinski definition) is 6. The summed E-state index contributed by atoms with van der Waals surface area (Å²) in [6, 6.07) is 6.42. The normalized spacial score (nSPS) is 10.3. The van der Waals surface area contributed by atoms with Gasteiger partial charge in [0.1, 0.15) is 0 Å². The molecule has 0 aliphatic carbocycles. The molecule has 0 saturated heterocycles. The van der Waals surface area contributed by atoms with E-state index in [9.17, 15) is 14.9 Å². The SMILES string of the molecule is O=C(O)c1nc(CSc2ccccc2[N+](=O)[O-])cs1. The van der Waals surface area contributed by atoms with Crippen LogP contribution in [0.1, 0.15) is 15.5 Å². The van der Waals surface area contributed by atoms with Crippen LogP contribution < -0.4 is 0 Å². The zero-order valence-corrected chi connectivity index (χ0v) is 11.1. The lowest BCUT2D eigenvalue weighted by molar-refractivity contribution is -0.387. The predicted molar refractivity (Wildman–Crippen MR) is 71.7 cm³/mol. The van der Waals surface area contributed by atoms with Crippen LogP contribution in [0.2, 0.25) is 0 Å². The summed E-state index contributed by atoms with van der Waals surface area (Å²) in [6.07, 6.45) is 0. The van der Waals surface area contributed by atoms with E-state index in [1.165, 1.54) is 17.8 Å². The quantitative estimate of drug-likeness (QED) is 0.518. The standard InChI is InChI=1S/C11H8N2O4S2/c14-11(15)10-12-7(6-19-10)5-18-9-4-2-1-3-8(9)13(16)17/h1-4,6H,5H2,(H,14,15). The molecule has 1 aromatic heterocycles. The van der Waals surface area contributed by atoms with Crippen LogP contribution in [0.25, 0.3) is 0 Å². The fourth-order valence-electron chi connectivity index (χ4n) is 1.35. The summed E-state index contributed by atoms with van der Waals surface area (Å²) in [4.78, 5) is 25.5. The number of thiazole rings is 1. The van der Waals surface area contributed by atoms with Crippen LogP contribution in [0.4, 0.5) is 5.69 Å². The van der Waals surface area contributed by atoms with E-state index in [0.29, 0.717) is 16.3 Å². The highest BCUT2D eigenvalue weighted by Crippen LogP contribution is 2.31. The van der Waals surface area contributed by atoms with Crippen molar-refractivity contribution >= 4 is 34.8 Å². The van der Waals surface area contributed by atoms with Gasteiger partial charge < -0.3 is 5.11 Å². The van der Waals surface area contributed by atoms with Crippen molar-refractivity contribution < 1.29 is 14.8 Å². The minimum absolute atomic E-state index is 0.0261. The van der Waals surface area contributed by atoms with Crippen LogP contribution in [0, 0.1) is 10.1 Å². The molecule has 0 saturated carbocycles. The van der Waals surface area contributed by atoms with E-state index in [2.05, 4.69) is 4.98 Å². The van der Waals surface area contributed by atoms with Gasteiger partial charge in [0.2, 0.25) is 5.01 Å². The Morgan fingerprint density at radius 1 is 1.47 bits per heavy atom. The predicted octanol–water partition coefficient (Wildman–Crippen LogP) is 3.04. The first kappa shape index (κ1) is 13.5. The summed E-state index contributed by atoms with van der Waals surface area (Å²) in [5.74, 6) is -0.666. The fraction of sp³-hybridized carbons (Fsp3) is 0.0909. The lowest BCUT2D eigenvalue weighted by Crippen LogP contribution is -1.95. The number of para-hydroxylation sites is 1. The van der Waals surface area contributed by atoms with Crippen molar-refractivity contribution in [3.05, 3.63) is 50.5 Å². The van der Waals surface area contributed by atoms with Crippen LogP contribution in [0.3, 0.4) is 0 Å². The Morgan fingerprint density at radius 3 is 2.84 bits per heavy atom.